The van der Waals surface area contributed by atoms with Crippen molar-refractivity contribution in [3.63, 3.8) is 0 Å². The predicted molar refractivity (Wildman–Crippen MR) is 130 cm³/mol. The van der Waals surface area contributed by atoms with Crippen LogP contribution in [0, 0.1) is 0 Å². The number of ether oxygens (including phenoxy) is 1. The van der Waals surface area contributed by atoms with Crippen molar-refractivity contribution in [2.75, 3.05) is 6.54 Å². The number of carbonyl (C=O) groups excluding carboxylic acids is 1. The van der Waals surface area contributed by atoms with Crippen molar-refractivity contribution in [2.24, 2.45) is 0 Å². The monoisotopic (exact) mass is 475 g/mol. The van der Waals surface area contributed by atoms with Crippen LogP contribution in [-0.4, -0.2) is 49.5 Å². The average Bonchev–Trinajstić information content (AvgIpc) is 2.83. The van der Waals surface area contributed by atoms with Crippen LogP contribution >= 0.6 is 0 Å². The topological polar surface area (TPSA) is 113 Å². The summed E-state index contributed by atoms with van der Waals surface area (Å²) in [4.78, 5) is 25.9. The first-order valence-corrected chi connectivity index (χ1v) is 11.5. The summed E-state index contributed by atoms with van der Waals surface area (Å²) in [6.07, 6.45) is 0.436. The molecule has 1 fully saturated rings. The maximum Gasteiger partial charge on any atom is 0.411 e. The molecular formula is C27H29N3O5. The van der Waals surface area contributed by atoms with Crippen LogP contribution in [0.15, 0.2) is 66.7 Å². The second-order valence-corrected chi connectivity index (χ2v) is 9.57. The number of carboxylic acid groups (broad SMARTS) is 1. The molecule has 3 aromatic rings. The van der Waals surface area contributed by atoms with Gasteiger partial charge in [0.05, 0.1) is 17.3 Å². The van der Waals surface area contributed by atoms with Crippen LogP contribution in [-0.2, 0) is 10.3 Å². The number of carboxylic acids is 1. The third-order valence-corrected chi connectivity index (χ3v) is 6.33. The van der Waals surface area contributed by atoms with E-state index in [-0.39, 0.29) is 11.7 Å². The average molecular weight is 476 g/mol. The van der Waals surface area contributed by atoms with E-state index < -0.39 is 23.3 Å². The molecule has 0 unspecified atom stereocenters. The molecule has 0 bridgehead atoms. The van der Waals surface area contributed by atoms with Crippen molar-refractivity contribution >= 4 is 12.1 Å². The molecule has 1 aliphatic rings. The van der Waals surface area contributed by atoms with Crippen LogP contribution < -0.4 is 0 Å². The molecule has 1 aliphatic heterocycles. The van der Waals surface area contributed by atoms with Crippen LogP contribution in [0.3, 0.4) is 0 Å². The van der Waals surface area contributed by atoms with Crippen molar-refractivity contribution in [2.45, 2.75) is 50.9 Å². The van der Waals surface area contributed by atoms with Crippen LogP contribution in [0.25, 0.3) is 11.3 Å². The molecule has 2 N–H and O–H groups in total. The number of carbonyl (C=O) groups is 2. The molecule has 0 radical (unpaired) electrons. The van der Waals surface area contributed by atoms with Crippen LogP contribution in [0.4, 0.5) is 4.79 Å². The van der Waals surface area contributed by atoms with Gasteiger partial charge in [-0.2, -0.15) is 0 Å². The number of cyclic esters (lactones) is 1. The number of hydrogen-bond acceptors (Lipinski definition) is 6. The Balaban J connectivity index is 1.51. The summed E-state index contributed by atoms with van der Waals surface area (Å²) in [5.41, 5.74) is 1.14. The fourth-order valence-electron chi connectivity index (χ4n) is 4.60. The standard InChI is InChI=1S/C27H29N3O5/c1-18(19-9-11-20(12-10-19)22-13-14-23(24(31)32)29-28-22)30-16-15-27(35-25(30)33,17-26(2,3)34)21-7-5-4-6-8-21/h4-14,18,34H,15-17H2,1-3H3,(H,31,32)/t18-,27-/m0/s1. The molecule has 2 aromatic carbocycles. The Kier molecular flexibility index (Phi) is 6.58. The van der Waals surface area contributed by atoms with Gasteiger partial charge in [-0.25, -0.2) is 9.59 Å². The van der Waals surface area contributed by atoms with Crippen molar-refractivity contribution < 1.29 is 24.5 Å². The zero-order valence-electron chi connectivity index (χ0n) is 20.0. The first-order chi connectivity index (χ1) is 16.6. The molecule has 1 aromatic heterocycles. The second-order valence-electron chi connectivity index (χ2n) is 9.57. The van der Waals surface area contributed by atoms with Gasteiger partial charge in [0.1, 0.15) is 5.60 Å². The Hall–Kier alpha value is -3.78. The highest BCUT2D eigenvalue weighted by Crippen LogP contribution is 2.42. The zero-order valence-corrected chi connectivity index (χ0v) is 20.0. The van der Waals surface area contributed by atoms with E-state index in [0.717, 1.165) is 16.7 Å². The zero-order chi connectivity index (χ0) is 25.2. The summed E-state index contributed by atoms with van der Waals surface area (Å²) in [7, 11) is 0. The smallest absolute Gasteiger partial charge is 0.411 e. The van der Waals surface area contributed by atoms with E-state index in [4.69, 9.17) is 9.84 Å². The molecule has 4 rings (SSSR count). The normalized spacial score (nSPS) is 19.2. The van der Waals surface area contributed by atoms with Crippen molar-refractivity contribution in [1.29, 1.82) is 0 Å². The second kappa shape index (κ2) is 9.46. The van der Waals surface area contributed by atoms with Gasteiger partial charge in [-0.1, -0.05) is 54.6 Å². The van der Waals surface area contributed by atoms with E-state index in [9.17, 15) is 14.7 Å². The molecule has 2 atom stereocenters. The number of hydrogen-bond donors (Lipinski definition) is 2. The SMILES string of the molecule is C[C@@H](c1ccc(-c2ccc(C(=O)O)nn2)cc1)N1CC[C@](CC(C)(C)O)(c2ccccc2)OC1=O. The van der Waals surface area contributed by atoms with E-state index >= 15 is 0 Å². The quantitative estimate of drug-likeness (QED) is 0.505. The van der Waals surface area contributed by atoms with Gasteiger partial charge in [-0.3, -0.25) is 0 Å². The maximum atomic E-state index is 13.2. The van der Waals surface area contributed by atoms with Crippen molar-refractivity contribution in [3.8, 4) is 11.3 Å². The maximum absolute atomic E-state index is 13.2. The molecular weight excluding hydrogens is 446 g/mol. The molecule has 182 valence electrons. The van der Waals surface area contributed by atoms with E-state index in [2.05, 4.69) is 10.2 Å². The lowest BCUT2D eigenvalue weighted by Crippen LogP contribution is -2.51. The minimum Gasteiger partial charge on any atom is -0.476 e. The first kappa shape index (κ1) is 24.3. The summed E-state index contributed by atoms with van der Waals surface area (Å²) < 4.78 is 6.08. The summed E-state index contributed by atoms with van der Waals surface area (Å²) in [6, 6.07) is 20.0. The fourth-order valence-corrected chi connectivity index (χ4v) is 4.60. The Bertz CT molecular complexity index is 1190. The lowest BCUT2D eigenvalue weighted by Gasteiger charge is -2.45. The van der Waals surface area contributed by atoms with Crippen LogP contribution in [0.5, 0.6) is 0 Å². The van der Waals surface area contributed by atoms with Crippen molar-refractivity contribution in [1.82, 2.24) is 15.1 Å². The highest BCUT2D eigenvalue weighted by Gasteiger charge is 2.46. The number of aromatic carboxylic acids is 1. The highest BCUT2D eigenvalue weighted by atomic mass is 16.6. The minimum atomic E-state index is -1.12. The largest absolute Gasteiger partial charge is 0.476 e. The summed E-state index contributed by atoms with van der Waals surface area (Å²) >= 11 is 0. The number of amides is 1. The third kappa shape index (κ3) is 5.33. The molecule has 2 heterocycles. The van der Waals surface area contributed by atoms with Gasteiger partial charge in [0.25, 0.3) is 0 Å². The lowest BCUT2D eigenvalue weighted by atomic mass is 9.80. The van der Waals surface area contributed by atoms with Gasteiger partial charge in [-0.15, -0.1) is 10.2 Å². The molecule has 8 nitrogen and oxygen atoms in total. The number of benzene rings is 2. The summed E-state index contributed by atoms with van der Waals surface area (Å²) in [6.45, 7) is 5.88. The molecule has 0 spiro atoms. The predicted octanol–water partition coefficient (Wildman–Crippen LogP) is 4.80. The Labute approximate surface area is 204 Å². The van der Waals surface area contributed by atoms with E-state index in [1.807, 2.05) is 61.5 Å². The van der Waals surface area contributed by atoms with Gasteiger partial charge >= 0.3 is 12.1 Å². The highest BCUT2D eigenvalue weighted by molar-refractivity contribution is 5.85. The Morgan fingerprint density at radius 2 is 1.77 bits per heavy atom. The Morgan fingerprint density at radius 3 is 2.31 bits per heavy atom. The number of aliphatic hydroxyl groups is 1. The molecule has 35 heavy (non-hydrogen) atoms. The summed E-state index contributed by atoms with van der Waals surface area (Å²) in [5, 5.41) is 27.2. The van der Waals surface area contributed by atoms with Gasteiger partial charge in [0, 0.05) is 24.9 Å². The van der Waals surface area contributed by atoms with Gasteiger partial charge in [-0.05, 0) is 44.0 Å². The fraction of sp³-hybridized carbons (Fsp3) is 0.333. The lowest BCUT2D eigenvalue weighted by molar-refractivity contribution is -0.101. The van der Waals surface area contributed by atoms with Crippen LogP contribution in [0.2, 0.25) is 0 Å². The number of nitrogens with zero attached hydrogens (tertiary/aromatic N) is 3. The van der Waals surface area contributed by atoms with Crippen molar-refractivity contribution in [3.05, 3.63) is 83.6 Å². The van der Waals surface area contributed by atoms with E-state index in [1.165, 1.54) is 6.07 Å². The first-order valence-electron chi connectivity index (χ1n) is 11.5. The third-order valence-electron chi connectivity index (χ3n) is 6.33. The van der Waals surface area contributed by atoms with Gasteiger partial charge in [0.2, 0.25) is 0 Å². The van der Waals surface area contributed by atoms with E-state index in [0.29, 0.717) is 25.1 Å². The Morgan fingerprint density at radius 1 is 1.09 bits per heavy atom. The molecule has 1 saturated heterocycles. The molecule has 1 amide bonds. The minimum absolute atomic E-state index is 0.112. The van der Waals surface area contributed by atoms with Gasteiger partial charge in [0.15, 0.2) is 5.69 Å². The molecule has 0 aliphatic carbocycles. The summed E-state index contributed by atoms with van der Waals surface area (Å²) in [5.74, 6) is -1.12. The van der Waals surface area contributed by atoms with Crippen LogP contribution in [0.1, 0.15) is 61.3 Å². The molecule has 8 heteroatoms. The van der Waals surface area contributed by atoms with Gasteiger partial charge < -0.3 is 19.8 Å². The number of aromatic nitrogens is 2. The van der Waals surface area contributed by atoms with E-state index in [1.54, 1.807) is 24.8 Å². The molecule has 0 saturated carbocycles. The number of rotatable bonds is 7.